The molecule has 0 bridgehead atoms. The van der Waals surface area contributed by atoms with Gasteiger partial charge in [0.15, 0.2) is 18.2 Å². The zero-order valence-electron chi connectivity index (χ0n) is 37.8. The molecule has 4 aliphatic heterocycles. The zero-order chi connectivity index (χ0) is 46.6. The third kappa shape index (κ3) is 8.77. The summed E-state index contributed by atoms with van der Waals surface area (Å²) in [6.07, 6.45) is 6.18. The molecule has 66 heavy (non-hydrogen) atoms. The van der Waals surface area contributed by atoms with Crippen LogP contribution < -0.4 is 36.0 Å². The van der Waals surface area contributed by atoms with Gasteiger partial charge in [-0.15, -0.1) is 0 Å². The van der Waals surface area contributed by atoms with E-state index in [9.17, 15) is 24.0 Å². The van der Waals surface area contributed by atoms with Crippen LogP contribution in [0, 0.1) is 0 Å². The van der Waals surface area contributed by atoms with Gasteiger partial charge in [0, 0.05) is 86.5 Å². The highest BCUT2D eigenvalue weighted by Crippen LogP contribution is 2.45. The number of ether oxygens (including phenoxy) is 2. The number of hydrogen-bond donors (Lipinski definition) is 3. The van der Waals surface area contributed by atoms with Crippen LogP contribution in [0.2, 0.25) is 10.0 Å². The van der Waals surface area contributed by atoms with Gasteiger partial charge >= 0.3 is 0 Å². The minimum atomic E-state index is -0.703. The van der Waals surface area contributed by atoms with Gasteiger partial charge in [0.25, 0.3) is 17.4 Å². The molecule has 1 saturated carbocycles. The van der Waals surface area contributed by atoms with Crippen molar-refractivity contribution in [2.75, 3.05) is 61.5 Å². The molecule has 6 heterocycles. The van der Waals surface area contributed by atoms with Crippen LogP contribution in [0.4, 0.5) is 23.1 Å². The van der Waals surface area contributed by atoms with Crippen LogP contribution in [0.3, 0.4) is 0 Å². The minimum Gasteiger partial charge on any atom is -0.478 e. The Kier molecular flexibility index (Phi) is 12.9. The van der Waals surface area contributed by atoms with E-state index in [-0.39, 0.29) is 72.4 Å². The third-order valence-electron chi connectivity index (χ3n) is 13.8. The molecule has 9 rings (SSSR count). The molecule has 3 atom stereocenters. The molecule has 0 radical (unpaired) electrons. The number of piperazine rings is 1. The second-order valence-electron chi connectivity index (χ2n) is 18.3. The number of aromatic nitrogens is 3. The summed E-state index contributed by atoms with van der Waals surface area (Å²) in [5.41, 5.74) is 3.29. The van der Waals surface area contributed by atoms with Crippen molar-refractivity contribution in [1.29, 1.82) is 0 Å². The predicted molar refractivity (Wildman–Crippen MR) is 252 cm³/mol. The Balaban J connectivity index is 0.762. The number of imide groups is 1. The third-order valence-corrected chi connectivity index (χ3v) is 14.5. The van der Waals surface area contributed by atoms with Crippen LogP contribution in [-0.2, 0) is 19.1 Å². The van der Waals surface area contributed by atoms with E-state index in [0.29, 0.717) is 45.5 Å². The molecular weight excluding hydrogens is 887 g/mol. The molecule has 2 aromatic heterocycles. The van der Waals surface area contributed by atoms with E-state index in [1.54, 1.807) is 21.7 Å². The maximum Gasteiger partial charge on any atom is 0.293 e. The lowest BCUT2D eigenvalue weighted by Crippen LogP contribution is -2.59. The summed E-state index contributed by atoms with van der Waals surface area (Å²) in [5.74, 6) is -0.182. The van der Waals surface area contributed by atoms with Crippen LogP contribution in [0.1, 0.15) is 94.2 Å². The van der Waals surface area contributed by atoms with E-state index in [1.807, 2.05) is 51.1 Å². The van der Waals surface area contributed by atoms with Crippen LogP contribution in [0.5, 0.6) is 5.75 Å². The summed E-state index contributed by atoms with van der Waals surface area (Å²) >= 11 is 13.7. The molecule has 2 aromatic carbocycles. The van der Waals surface area contributed by atoms with Crippen molar-refractivity contribution >= 4 is 80.9 Å². The van der Waals surface area contributed by atoms with Gasteiger partial charge in [0.1, 0.15) is 11.1 Å². The molecular formula is C47H56Cl2N10O7. The number of halogens is 2. The summed E-state index contributed by atoms with van der Waals surface area (Å²) < 4.78 is 13.9. The zero-order valence-corrected chi connectivity index (χ0v) is 39.3. The molecule has 1 unspecified atom stereocenters. The lowest BCUT2D eigenvalue weighted by molar-refractivity contribution is -0.137. The molecule has 17 nitrogen and oxygen atoms in total. The summed E-state index contributed by atoms with van der Waals surface area (Å²) in [6.45, 7) is 11.8. The Bertz CT molecular complexity index is 2630. The standard InChI is InChI=1S/C47H56Cl2N10O7/c1-25(2)58-35-8-6-29(18-28(35)19-38(46(58)64)65-24-40(61)50-5)52-43-34(48)22-51-47(54-43)55-14-12-31(13-15-55)66-32-20-30(21-32)56-16-17-57(26(3)23-56)36-9-7-33-41(42(36)49)27(4)59(45(33)63)37-10-11-39(60)53-44(37)62/h6-9,18-19,22,25-27,30-32,37H,10-17,20-21,23-24H2,1-5H3,(H,50,61)(H,51,52,54)(H,53,60,62)/t26-,27-,30-,32-,37?/m1/s1. The van der Waals surface area contributed by atoms with Gasteiger partial charge in [-0.05, 0) is 96.2 Å². The molecule has 19 heteroatoms. The SMILES string of the molecule is CNC(=O)COc1cc2cc(Nc3nc(N4CCC(O[C@H]5C[C@H](N6CCN(c7ccc8c(c7Cl)[C@@H](C)N(C7CCC(=O)NC7=O)C8=O)[C@H](C)C6)C5)CC4)ncc3Cl)ccc2n(C(C)C)c1=O. The molecule has 4 amide bonds. The number of fused-ring (bicyclic) bond motifs is 2. The van der Waals surface area contributed by atoms with Crippen molar-refractivity contribution in [2.24, 2.45) is 0 Å². The minimum absolute atomic E-state index is 0.0898. The van der Waals surface area contributed by atoms with Crippen molar-refractivity contribution < 1.29 is 28.7 Å². The quantitative estimate of drug-likeness (QED) is 0.150. The first-order valence-corrected chi connectivity index (χ1v) is 23.7. The van der Waals surface area contributed by atoms with Crippen LogP contribution in [0.15, 0.2) is 47.4 Å². The van der Waals surface area contributed by atoms with Gasteiger partial charge < -0.3 is 39.4 Å². The van der Waals surface area contributed by atoms with Gasteiger partial charge in [-0.1, -0.05) is 23.2 Å². The highest BCUT2D eigenvalue weighted by molar-refractivity contribution is 6.35. The van der Waals surface area contributed by atoms with E-state index in [2.05, 4.69) is 42.6 Å². The largest absolute Gasteiger partial charge is 0.478 e. The maximum atomic E-state index is 13.5. The molecule has 4 fully saturated rings. The number of nitrogens with one attached hydrogen (secondary N) is 3. The Hall–Kier alpha value is -5.49. The van der Waals surface area contributed by atoms with E-state index in [4.69, 9.17) is 37.7 Å². The number of nitrogens with zero attached hydrogens (tertiary/aromatic N) is 7. The fourth-order valence-corrected chi connectivity index (χ4v) is 10.8. The molecule has 350 valence electrons. The Labute approximate surface area is 393 Å². The number of likely N-dealkylation sites (N-methyl/N-ethyl adjacent to an activating group) is 1. The number of hydrogen-bond acceptors (Lipinski definition) is 13. The van der Waals surface area contributed by atoms with Crippen molar-refractivity contribution in [3.63, 3.8) is 0 Å². The average Bonchev–Trinajstić information content (AvgIpc) is 3.53. The molecule has 3 saturated heterocycles. The van der Waals surface area contributed by atoms with Gasteiger partial charge in [0.05, 0.1) is 40.7 Å². The highest BCUT2D eigenvalue weighted by Gasteiger charge is 2.45. The Morgan fingerprint density at radius 3 is 2.45 bits per heavy atom. The first-order chi connectivity index (χ1) is 31.7. The predicted octanol–water partition coefficient (Wildman–Crippen LogP) is 5.60. The first-order valence-electron chi connectivity index (χ1n) is 22.9. The fourth-order valence-electron chi connectivity index (χ4n) is 10.3. The average molecular weight is 944 g/mol. The van der Waals surface area contributed by atoms with Crippen LogP contribution in [0.25, 0.3) is 10.9 Å². The summed E-state index contributed by atoms with van der Waals surface area (Å²) in [7, 11) is 1.51. The van der Waals surface area contributed by atoms with Crippen molar-refractivity contribution in [3.05, 3.63) is 74.1 Å². The maximum absolute atomic E-state index is 13.5. The van der Waals surface area contributed by atoms with Gasteiger partial charge in [0.2, 0.25) is 17.8 Å². The van der Waals surface area contributed by atoms with Gasteiger partial charge in [-0.3, -0.25) is 34.2 Å². The molecule has 5 aliphatic rings. The lowest BCUT2D eigenvalue weighted by atomic mass is 9.86. The lowest BCUT2D eigenvalue weighted by Gasteiger charge is -2.50. The Morgan fingerprint density at radius 1 is 0.970 bits per heavy atom. The highest BCUT2D eigenvalue weighted by atomic mass is 35.5. The van der Waals surface area contributed by atoms with E-state index in [1.165, 1.54) is 7.05 Å². The smallest absolute Gasteiger partial charge is 0.293 e. The Morgan fingerprint density at radius 2 is 1.74 bits per heavy atom. The number of benzene rings is 2. The van der Waals surface area contributed by atoms with Gasteiger partial charge in [-0.2, -0.15) is 4.98 Å². The second-order valence-corrected chi connectivity index (χ2v) is 19.1. The first kappa shape index (κ1) is 45.7. The molecule has 3 N–H and O–H groups in total. The number of amides is 4. The van der Waals surface area contributed by atoms with E-state index < -0.39 is 11.9 Å². The normalized spacial score (nSPS) is 23.8. The van der Waals surface area contributed by atoms with Crippen LogP contribution in [-0.4, -0.2) is 125 Å². The fraction of sp³-hybridized carbons (Fsp3) is 0.511. The number of pyridine rings is 1. The topological polar surface area (TPSA) is 184 Å². The molecule has 0 spiro atoms. The summed E-state index contributed by atoms with van der Waals surface area (Å²) in [6, 6.07) is 10.5. The summed E-state index contributed by atoms with van der Waals surface area (Å²) in [5, 5.41) is 9.89. The number of anilines is 4. The number of carbonyl (C=O) groups excluding carboxylic acids is 4. The monoisotopic (exact) mass is 942 g/mol. The molecule has 4 aromatic rings. The summed E-state index contributed by atoms with van der Waals surface area (Å²) in [4.78, 5) is 81.2. The van der Waals surface area contributed by atoms with Crippen LogP contribution >= 0.6 is 23.2 Å². The molecule has 1 aliphatic carbocycles. The van der Waals surface area contributed by atoms with E-state index >= 15 is 0 Å². The number of rotatable bonds is 12. The van der Waals surface area contributed by atoms with Gasteiger partial charge in [-0.25, -0.2) is 4.98 Å². The number of carbonyl (C=O) groups is 4. The van der Waals surface area contributed by atoms with Crippen molar-refractivity contribution in [2.45, 2.75) is 109 Å². The van der Waals surface area contributed by atoms with Crippen molar-refractivity contribution in [1.82, 2.24) is 35.0 Å². The number of piperidine rings is 2. The second kappa shape index (κ2) is 18.7. The van der Waals surface area contributed by atoms with Crippen molar-refractivity contribution in [3.8, 4) is 5.75 Å². The van der Waals surface area contributed by atoms with E-state index in [0.717, 1.165) is 80.6 Å².